The Morgan fingerprint density at radius 2 is 2.60 bits per heavy atom. The molecule has 1 aliphatic rings. The molecule has 0 aromatic heterocycles. The topological polar surface area (TPSA) is 35.2 Å². The minimum absolute atomic E-state index is 0. The van der Waals surface area contributed by atoms with Gasteiger partial charge in [0.25, 0.3) is 0 Å². The number of rotatable bonds is 3. The molecule has 0 saturated carbocycles. The van der Waals surface area contributed by atoms with Crippen molar-refractivity contribution in [2.45, 2.75) is 12.8 Å². The quantitative estimate of drug-likeness (QED) is 0.645. The van der Waals surface area contributed by atoms with E-state index in [9.17, 15) is 0 Å². The largest absolute Gasteiger partial charge is 0.497 e. The van der Waals surface area contributed by atoms with Gasteiger partial charge in [-0.05, 0) is 12.5 Å². The van der Waals surface area contributed by atoms with Crippen molar-refractivity contribution < 1.29 is 6.16 Å². The van der Waals surface area contributed by atoms with Crippen molar-refractivity contribution >= 4 is 0 Å². The van der Waals surface area contributed by atoms with Gasteiger partial charge in [0.2, 0.25) is 0 Å². The van der Waals surface area contributed by atoms with Gasteiger partial charge in [0.05, 0.1) is 12.4 Å². The summed E-state index contributed by atoms with van der Waals surface area (Å²) in [6.07, 6.45) is 8.27. The lowest BCUT2D eigenvalue weighted by Gasteiger charge is -2.09. The lowest BCUT2D eigenvalue weighted by molar-refractivity contribution is 0.210. The van der Waals surface area contributed by atoms with Crippen LogP contribution in [0, 0.1) is 0 Å². The van der Waals surface area contributed by atoms with Crippen molar-refractivity contribution in [1.29, 1.82) is 0 Å². The lowest BCUT2D eigenvalue weighted by Crippen LogP contribution is -2.08. The summed E-state index contributed by atoms with van der Waals surface area (Å²) in [6.45, 7) is 1.24. The number of hydrogen-bond acceptors (Lipinski definition) is 2. The molecule has 0 heterocycles. The third-order valence-electron chi connectivity index (χ3n) is 1.38. The molecule has 2 heteroatoms. The van der Waals surface area contributed by atoms with Gasteiger partial charge in [0, 0.05) is 14.4 Å². The highest BCUT2D eigenvalue weighted by Crippen LogP contribution is 2.11. The van der Waals surface area contributed by atoms with E-state index in [1.165, 1.54) is 0 Å². The van der Waals surface area contributed by atoms with Crippen molar-refractivity contribution in [3.05, 3.63) is 24.0 Å². The van der Waals surface area contributed by atoms with E-state index < -0.39 is 0 Å². The first kappa shape index (κ1) is 7.35. The first-order valence-corrected chi connectivity index (χ1v) is 3.62. The van der Waals surface area contributed by atoms with Crippen LogP contribution in [0.15, 0.2) is 24.0 Å². The summed E-state index contributed by atoms with van der Waals surface area (Å²) >= 11 is 0. The normalized spacial score (nSPS) is 16.7. The third kappa shape index (κ3) is 2.23. The monoisotopic (exact) mass is 141 g/mol. The number of ether oxygens (including phenoxy) is 1. The fourth-order valence-corrected chi connectivity index (χ4v) is 0.891. The Kier molecular flexibility index (Phi) is 3.03. The van der Waals surface area contributed by atoms with Crippen LogP contribution in [0.3, 0.4) is 0 Å². The summed E-state index contributed by atoms with van der Waals surface area (Å²) < 4.78 is 5.32. The molecule has 0 aromatic carbocycles. The van der Waals surface area contributed by atoms with E-state index in [-0.39, 0.29) is 1.43 Å². The molecule has 0 fully saturated rings. The predicted octanol–water partition coefficient (Wildman–Crippen LogP) is 1.44. The highest BCUT2D eigenvalue weighted by atomic mass is 16.5. The molecule has 2 nitrogen and oxygen atoms in total. The number of allylic oxidation sites excluding steroid dienone is 4. The van der Waals surface area contributed by atoms with Crippen LogP contribution in [0.1, 0.15) is 14.3 Å². The van der Waals surface area contributed by atoms with E-state index in [2.05, 4.69) is 6.08 Å². The Morgan fingerprint density at radius 3 is 3.20 bits per heavy atom. The SMILES string of the molecule is NCCOC1=CC=CCC1.[HH]. The highest BCUT2D eigenvalue weighted by molar-refractivity contribution is 5.12. The molecule has 1 aliphatic carbocycles. The van der Waals surface area contributed by atoms with Crippen molar-refractivity contribution in [3.63, 3.8) is 0 Å². The summed E-state index contributed by atoms with van der Waals surface area (Å²) in [4.78, 5) is 0. The molecule has 0 radical (unpaired) electrons. The van der Waals surface area contributed by atoms with Gasteiger partial charge in [-0.1, -0.05) is 12.2 Å². The molecule has 58 valence electrons. The van der Waals surface area contributed by atoms with Crippen LogP contribution >= 0.6 is 0 Å². The molecular weight excluding hydrogens is 126 g/mol. The maximum atomic E-state index is 5.32. The molecular formula is C8H15NO. The minimum atomic E-state index is 0. The third-order valence-corrected chi connectivity index (χ3v) is 1.38. The maximum Gasteiger partial charge on any atom is 0.0999 e. The van der Waals surface area contributed by atoms with Gasteiger partial charge in [-0.15, -0.1) is 0 Å². The maximum absolute atomic E-state index is 5.32. The Hall–Kier alpha value is -0.760. The van der Waals surface area contributed by atoms with Crippen LogP contribution < -0.4 is 5.73 Å². The van der Waals surface area contributed by atoms with Crippen LogP contribution in [-0.2, 0) is 4.74 Å². The fourth-order valence-electron chi connectivity index (χ4n) is 0.891. The van der Waals surface area contributed by atoms with Gasteiger partial charge in [-0.2, -0.15) is 0 Å². The molecule has 0 atom stereocenters. The summed E-state index contributed by atoms with van der Waals surface area (Å²) in [7, 11) is 0. The van der Waals surface area contributed by atoms with E-state index in [0.717, 1.165) is 18.6 Å². The van der Waals surface area contributed by atoms with Gasteiger partial charge >= 0.3 is 0 Å². The summed E-state index contributed by atoms with van der Waals surface area (Å²) in [5.41, 5.74) is 5.28. The highest BCUT2D eigenvalue weighted by Gasteiger charge is 1.97. The second-order valence-electron chi connectivity index (χ2n) is 2.24. The van der Waals surface area contributed by atoms with Crippen LogP contribution in [0.4, 0.5) is 0 Å². The standard InChI is InChI=1S/C8H13NO.H2/c9-6-7-10-8-4-2-1-3-5-8;/h1-2,4H,3,5-7,9H2;1H. The van der Waals surface area contributed by atoms with Crippen LogP contribution in [0.2, 0.25) is 0 Å². The molecule has 0 amide bonds. The zero-order valence-electron chi connectivity index (χ0n) is 6.05. The molecule has 0 spiro atoms. The average Bonchev–Trinajstić information content (AvgIpc) is 2.03. The molecule has 0 bridgehead atoms. The van der Waals surface area contributed by atoms with Crippen molar-refractivity contribution in [2.75, 3.05) is 13.2 Å². The number of hydrogen-bond donors (Lipinski definition) is 1. The van der Waals surface area contributed by atoms with Gasteiger partial charge in [-0.25, -0.2) is 0 Å². The van der Waals surface area contributed by atoms with E-state index in [1.54, 1.807) is 0 Å². The zero-order valence-corrected chi connectivity index (χ0v) is 6.05. The predicted molar refractivity (Wildman–Crippen MR) is 43.6 cm³/mol. The van der Waals surface area contributed by atoms with Crippen LogP contribution in [0.25, 0.3) is 0 Å². The smallest absolute Gasteiger partial charge is 0.0999 e. The zero-order chi connectivity index (χ0) is 7.23. The first-order chi connectivity index (χ1) is 4.93. The molecule has 0 saturated heterocycles. The molecule has 0 aliphatic heterocycles. The van der Waals surface area contributed by atoms with Crippen LogP contribution in [-0.4, -0.2) is 13.2 Å². The van der Waals surface area contributed by atoms with Crippen molar-refractivity contribution in [1.82, 2.24) is 0 Å². The van der Waals surface area contributed by atoms with Gasteiger partial charge in [-0.3, -0.25) is 0 Å². The fraction of sp³-hybridized carbons (Fsp3) is 0.500. The van der Waals surface area contributed by atoms with Gasteiger partial charge < -0.3 is 10.5 Å². The molecule has 0 unspecified atom stereocenters. The van der Waals surface area contributed by atoms with Gasteiger partial charge in [0.1, 0.15) is 0 Å². The van der Waals surface area contributed by atoms with Crippen molar-refractivity contribution in [3.8, 4) is 0 Å². The van der Waals surface area contributed by atoms with E-state index in [1.807, 2.05) is 12.2 Å². The number of nitrogens with two attached hydrogens (primary N) is 1. The summed E-state index contributed by atoms with van der Waals surface area (Å²) in [5.74, 6) is 1.06. The Morgan fingerprint density at radius 1 is 1.70 bits per heavy atom. The van der Waals surface area contributed by atoms with Crippen molar-refractivity contribution in [2.24, 2.45) is 5.73 Å². The van der Waals surface area contributed by atoms with E-state index >= 15 is 0 Å². The lowest BCUT2D eigenvalue weighted by atomic mass is 10.2. The summed E-state index contributed by atoms with van der Waals surface area (Å²) in [6, 6.07) is 0. The Balaban J connectivity index is 0.000001000. The second-order valence-corrected chi connectivity index (χ2v) is 2.24. The molecule has 2 N–H and O–H groups in total. The second kappa shape index (κ2) is 4.12. The molecule has 0 aromatic rings. The van der Waals surface area contributed by atoms with Gasteiger partial charge in [0.15, 0.2) is 0 Å². The van der Waals surface area contributed by atoms with E-state index in [0.29, 0.717) is 13.2 Å². The Bertz CT molecular complexity index is 154. The minimum Gasteiger partial charge on any atom is -0.497 e. The molecule has 1 rings (SSSR count). The van der Waals surface area contributed by atoms with E-state index in [4.69, 9.17) is 10.5 Å². The molecule has 10 heavy (non-hydrogen) atoms. The van der Waals surface area contributed by atoms with Crippen LogP contribution in [0.5, 0.6) is 0 Å². The first-order valence-electron chi connectivity index (χ1n) is 3.62. The summed E-state index contributed by atoms with van der Waals surface area (Å²) in [5, 5.41) is 0. The Labute approximate surface area is 62.8 Å². The average molecular weight is 141 g/mol.